The number of carboxylic acids is 1. The SMILES string of the molecule is O=C(O)c1ccc2noc(-c3ccc(Br)cc3)c2c1. The fourth-order valence-electron chi connectivity index (χ4n) is 1.88. The van der Waals surface area contributed by atoms with Crippen LogP contribution in [0.4, 0.5) is 0 Å². The molecule has 0 amide bonds. The maximum Gasteiger partial charge on any atom is 0.335 e. The molecule has 3 rings (SSSR count). The highest BCUT2D eigenvalue weighted by molar-refractivity contribution is 9.10. The van der Waals surface area contributed by atoms with E-state index in [1.807, 2.05) is 24.3 Å². The van der Waals surface area contributed by atoms with Crippen molar-refractivity contribution in [2.24, 2.45) is 0 Å². The van der Waals surface area contributed by atoms with Crippen LogP contribution in [0.2, 0.25) is 0 Å². The molecule has 0 aliphatic heterocycles. The zero-order valence-electron chi connectivity index (χ0n) is 9.63. The molecule has 0 atom stereocenters. The molecule has 3 aromatic rings. The lowest BCUT2D eigenvalue weighted by Crippen LogP contribution is -1.94. The number of nitrogens with zero attached hydrogens (tertiary/aromatic N) is 1. The van der Waals surface area contributed by atoms with Gasteiger partial charge >= 0.3 is 5.97 Å². The van der Waals surface area contributed by atoms with Gasteiger partial charge in [0.1, 0.15) is 5.52 Å². The molecular weight excluding hydrogens is 310 g/mol. The van der Waals surface area contributed by atoms with Gasteiger partial charge in [-0.2, -0.15) is 0 Å². The van der Waals surface area contributed by atoms with Gasteiger partial charge in [-0.15, -0.1) is 0 Å². The summed E-state index contributed by atoms with van der Waals surface area (Å²) in [7, 11) is 0. The van der Waals surface area contributed by atoms with E-state index in [4.69, 9.17) is 9.63 Å². The van der Waals surface area contributed by atoms with Crippen molar-refractivity contribution >= 4 is 32.8 Å². The highest BCUT2D eigenvalue weighted by Gasteiger charge is 2.13. The summed E-state index contributed by atoms with van der Waals surface area (Å²) < 4.78 is 6.28. The summed E-state index contributed by atoms with van der Waals surface area (Å²) >= 11 is 3.37. The molecule has 5 heteroatoms. The van der Waals surface area contributed by atoms with E-state index in [0.29, 0.717) is 16.7 Å². The minimum absolute atomic E-state index is 0.217. The second-order valence-corrected chi connectivity index (χ2v) is 4.97. The fourth-order valence-corrected chi connectivity index (χ4v) is 2.15. The van der Waals surface area contributed by atoms with E-state index in [1.54, 1.807) is 12.1 Å². The number of carboxylic acid groups (broad SMARTS) is 1. The fraction of sp³-hybridized carbons (Fsp3) is 0. The zero-order valence-corrected chi connectivity index (χ0v) is 11.2. The van der Waals surface area contributed by atoms with Crippen molar-refractivity contribution in [1.82, 2.24) is 5.16 Å². The first-order valence-corrected chi connectivity index (χ1v) is 6.33. The summed E-state index contributed by atoms with van der Waals surface area (Å²) in [6, 6.07) is 12.3. The van der Waals surface area contributed by atoms with E-state index < -0.39 is 5.97 Å². The lowest BCUT2D eigenvalue weighted by Gasteiger charge is -1.98. The van der Waals surface area contributed by atoms with Crippen molar-refractivity contribution in [3.05, 3.63) is 52.5 Å². The van der Waals surface area contributed by atoms with Crippen LogP contribution in [-0.2, 0) is 0 Å². The average molecular weight is 318 g/mol. The molecule has 0 spiro atoms. The molecule has 19 heavy (non-hydrogen) atoms. The number of carbonyl (C=O) groups is 1. The van der Waals surface area contributed by atoms with Crippen LogP contribution in [0.25, 0.3) is 22.2 Å². The van der Waals surface area contributed by atoms with Crippen LogP contribution in [0, 0.1) is 0 Å². The predicted octanol–water partition coefficient (Wildman–Crippen LogP) is 3.96. The third kappa shape index (κ3) is 2.13. The monoisotopic (exact) mass is 317 g/mol. The third-order valence-electron chi connectivity index (χ3n) is 2.83. The summed E-state index contributed by atoms with van der Waals surface area (Å²) in [6.45, 7) is 0. The molecule has 0 fully saturated rings. The molecule has 0 aliphatic carbocycles. The maximum atomic E-state index is 11.0. The number of hydrogen-bond acceptors (Lipinski definition) is 3. The number of aromatic nitrogens is 1. The molecule has 0 saturated heterocycles. The van der Waals surface area contributed by atoms with Crippen molar-refractivity contribution in [3.63, 3.8) is 0 Å². The van der Waals surface area contributed by atoms with Gasteiger partial charge in [0, 0.05) is 10.0 Å². The van der Waals surface area contributed by atoms with Gasteiger partial charge in [-0.3, -0.25) is 0 Å². The van der Waals surface area contributed by atoms with E-state index in [9.17, 15) is 4.79 Å². The lowest BCUT2D eigenvalue weighted by atomic mass is 10.1. The van der Waals surface area contributed by atoms with E-state index in [1.165, 1.54) is 6.07 Å². The molecular formula is C14H8BrNO3. The molecule has 1 heterocycles. The second-order valence-electron chi connectivity index (χ2n) is 4.06. The molecule has 0 saturated carbocycles. The van der Waals surface area contributed by atoms with Gasteiger partial charge in [-0.1, -0.05) is 21.1 Å². The molecule has 0 bridgehead atoms. The highest BCUT2D eigenvalue weighted by atomic mass is 79.9. The minimum Gasteiger partial charge on any atom is -0.478 e. The van der Waals surface area contributed by atoms with Gasteiger partial charge in [-0.05, 0) is 42.5 Å². The first-order valence-electron chi connectivity index (χ1n) is 5.54. The normalized spacial score (nSPS) is 10.8. The van der Waals surface area contributed by atoms with Gasteiger partial charge in [0.15, 0.2) is 5.76 Å². The Balaban J connectivity index is 2.21. The van der Waals surface area contributed by atoms with E-state index in [-0.39, 0.29) is 5.56 Å². The molecule has 2 aromatic carbocycles. The third-order valence-corrected chi connectivity index (χ3v) is 3.36. The Bertz CT molecular complexity index is 762. The quantitative estimate of drug-likeness (QED) is 0.777. The molecule has 0 unspecified atom stereocenters. The Morgan fingerprint density at radius 2 is 1.89 bits per heavy atom. The summed E-state index contributed by atoms with van der Waals surface area (Å²) in [5.74, 6) is -0.393. The number of rotatable bonds is 2. The van der Waals surface area contributed by atoms with Crippen LogP contribution in [-0.4, -0.2) is 16.2 Å². The van der Waals surface area contributed by atoms with Gasteiger partial charge in [0.2, 0.25) is 0 Å². The van der Waals surface area contributed by atoms with Crippen LogP contribution in [0.15, 0.2) is 51.5 Å². The van der Waals surface area contributed by atoms with Crippen molar-refractivity contribution in [3.8, 4) is 11.3 Å². The number of benzene rings is 2. The largest absolute Gasteiger partial charge is 0.478 e. The van der Waals surface area contributed by atoms with Crippen molar-refractivity contribution < 1.29 is 14.4 Å². The highest BCUT2D eigenvalue weighted by Crippen LogP contribution is 2.30. The van der Waals surface area contributed by atoms with Gasteiger partial charge in [0.25, 0.3) is 0 Å². The lowest BCUT2D eigenvalue weighted by molar-refractivity contribution is 0.0697. The number of aromatic carboxylic acids is 1. The Morgan fingerprint density at radius 1 is 1.16 bits per heavy atom. The Labute approximate surface area is 116 Å². The first-order chi connectivity index (χ1) is 9.15. The summed E-state index contributed by atoms with van der Waals surface area (Å²) in [5.41, 5.74) is 1.71. The Kier molecular flexibility index (Phi) is 2.83. The van der Waals surface area contributed by atoms with Crippen LogP contribution in [0.5, 0.6) is 0 Å². The van der Waals surface area contributed by atoms with Crippen molar-refractivity contribution in [1.29, 1.82) is 0 Å². The van der Waals surface area contributed by atoms with Crippen molar-refractivity contribution in [2.45, 2.75) is 0 Å². The van der Waals surface area contributed by atoms with Gasteiger partial charge in [-0.25, -0.2) is 4.79 Å². The summed E-state index contributed by atoms with van der Waals surface area (Å²) in [4.78, 5) is 11.0. The number of halogens is 1. The summed E-state index contributed by atoms with van der Waals surface area (Å²) in [6.07, 6.45) is 0. The summed E-state index contributed by atoms with van der Waals surface area (Å²) in [5, 5.41) is 13.7. The van der Waals surface area contributed by atoms with Crippen LogP contribution < -0.4 is 0 Å². The smallest absolute Gasteiger partial charge is 0.335 e. The Morgan fingerprint density at radius 3 is 2.58 bits per heavy atom. The maximum absolute atomic E-state index is 11.0. The molecule has 4 nitrogen and oxygen atoms in total. The Hall–Kier alpha value is -2.14. The van der Waals surface area contributed by atoms with Crippen LogP contribution >= 0.6 is 15.9 Å². The van der Waals surface area contributed by atoms with Crippen LogP contribution in [0.3, 0.4) is 0 Å². The van der Waals surface area contributed by atoms with E-state index >= 15 is 0 Å². The molecule has 1 aromatic heterocycles. The molecule has 94 valence electrons. The average Bonchev–Trinajstić information content (AvgIpc) is 2.82. The molecule has 0 radical (unpaired) electrons. The predicted molar refractivity (Wildman–Crippen MR) is 74.1 cm³/mol. The molecule has 1 N–H and O–H groups in total. The first kappa shape index (κ1) is 11.9. The number of fused-ring (bicyclic) bond motifs is 1. The van der Waals surface area contributed by atoms with Gasteiger partial charge in [0.05, 0.1) is 10.9 Å². The van der Waals surface area contributed by atoms with E-state index in [2.05, 4.69) is 21.1 Å². The second kappa shape index (κ2) is 4.51. The van der Waals surface area contributed by atoms with Crippen LogP contribution in [0.1, 0.15) is 10.4 Å². The minimum atomic E-state index is -0.968. The van der Waals surface area contributed by atoms with Gasteiger partial charge < -0.3 is 9.63 Å². The number of hydrogen-bond donors (Lipinski definition) is 1. The zero-order chi connectivity index (χ0) is 13.4. The van der Waals surface area contributed by atoms with Crippen molar-refractivity contribution in [2.75, 3.05) is 0 Å². The van der Waals surface area contributed by atoms with E-state index in [0.717, 1.165) is 10.0 Å². The standard InChI is InChI=1S/C14H8BrNO3/c15-10-4-1-8(2-5-10)13-11-7-9(14(17)18)3-6-12(11)16-19-13/h1-7H,(H,17,18). The molecule has 0 aliphatic rings. The topological polar surface area (TPSA) is 63.3 Å².